The number of rotatable bonds is 2. The third-order valence-corrected chi connectivity index (χ3v) is 6.45. The molecule has 140 valence electrons. The Bertz CT molecular complexity index is 816. The van der Waals surface area contributed by atoms with Crippen molar-refractivity contribution < 1.29 is 9.18 Å². The lowest BCUT2D eigenvalue weighted by Gasteiger charge is -2.47. The number of halogens is 1. The van der Waals surface area contributed by atoms with Gasteiger partial charge in [0.2, 0.25) is 0 Å². The molecule has 1 aromatic rings. The largest absolute Gasteiger partial charge is 0.366 e. The zero-order valence-electron chi connectivity index (χ0n) is 16.3. The fraction of sp³-hybridized carbons (Fsp3) is 0.500. The summed E-state index contributed by atoms with van der Waals surface area (Å²) in [7, 11) is 3.34. The van der Waals surface area contributed by atoms with Crippen molar-refractivity contribution in [2.45, 2.75) is 45.6 Å². The van der Waals surface area contributed by atoms with Gasteiger partial charge in [-0.2, -0.15) is 0 Å². The molecule has 3 rings (SSSR count). The summed E-state index contributed by atoms with van der Waals surface area (Å²) in [5.74, 6) is -0.0995. The Morgan fingerprint density at radius 2 is 2.12 bits per heavy atom. The molecule has 1 fully saturated rings. The molecule has 1 aromatic carbocycles. The number of nitrogens with zero attached hydrogens (tertiary/aromatic N) is 3. The number of amidine groups is 1. The topological polar surface area (TPSA) is 35.9 Å². The van der Waals surface area contributed by atoms with Crippen molar-refractivity contribution in [3.8, 4) is 0 Å². The minimum atomic E-state index is -0.294. The van der Waals surface area contributed by atoms with Gasteiger partial charge in [-0.25, -0.2) is 4.39 Å². The Kier molecular flexibility index (Phi) is 4.90. The smallest absolute Gasteiger partial charge is 0.266 e. The molecule has 2 aliphatic rings. The van der Waals surface area contributed by atoms with Crippen molar-refractivity contribution >= 4 is 34.6 Å². The normalized spacial score (nSPS) is 25.3. The van der Waals surface area contributed by atoms with Gasteiger partial charge in [-0.3, -0.25) is 14.7 Å². The van der Waals surface area contributed by atoms with E-state index in [9.17, 15) is 9.18 Å². The number of anilines is 1. The average molecular weight is 376 g/mol. The van der Waals surface area contributed by atoms with Crippen LogP contribution in [0.4, 0.5) is 10.1 Å². The van der Waals surface area contributed by atoms with Crippen molar-refractivity contribution in [3.05, 3.63) is 34.0 Å². The van der Waals surface area contributed by atoms with E-state index in [1.165, 1.54) is 16.7 Å². The first-order chi connectivity index (χ1) is 12.2. The van der Waals surface area contributed by atoms with Gasteiger partial charge in [0.25, 0.3) is 5.91 Å². The molecule has 0 bridgehead atoms. The molecule has 2 aliphatic heterocycles. The maximum atomic E-state index is 14.9. The predicted molar refractivity (Wildman–Crippen MR) is 108 cm³/mol. The first kappa shape index (κ1) is 19.0. The number of benzene rings is 1. The van der Waals surface area contributed by atoms with Gasteiger partial charge in [-0.1, -0.05) is 6.92 Å². The highest BCUT2D eigenvalue weighted by Crippen LogP contribution is 2.44. The van der Waals surface area contributed by atoms with Crippen molar-refractivity contribution in [1.29, 1.82) is 0 Å². The predicted octanol–water partition coefficient (Wildman–Crippen LogP) is 4.47. The minimum absolute atomic E-state index is 0.0000609. The summed E-state index contributed by atoms with van der Waals surface area (Å²) in [5, 5.41) is 0.631. The molecule has 0 saturated carbocycles. The molecule has 0 aromatic heterocycles. The second-order valence-corrected chi connectivity index (χ2v) is 8.58. The van der Waals surface area contributed by atoms with Crippen LogP contribution in [0.3, 0.4) is 0 Å². The molecule has 4 nitrogen and oxygen atoms in total. The second-order valence-electron chi connectivity index (χ2n) is 7.58. The lowest BCUT2D eigenvalue weighted by atomic mass is 9.79. The van der Waals surface area contributed by atoms with Crippen molar-refractivity contribution in [2.24, 2.45) is 4.99 Å². The maximum absolute atomic E-state index is 14.9. The molecule has 0 radical (unpaired) electrons. The standard InChI is InChI=1S/C20H26FN3OS/c1-7-24-16-10-15(21)13(8-14(16)12(2)11-20(24,3)4)9-17-18(25)23(6)19(22-5)26-17/h8-10,12H,7,11H2,1-6H3/b17-9+,22-19?. The molecule has 1 saturated heterocycles. The minimum Gasteiger partial charge on any atom is -0.366 e. The van der Waals surface area contributed by atoms with Gasteiger partial charge < -0.3 is 4.90 Å². The third-order valence-electron chi connectivity index (χ3n) is 5.30. The van der Waals surface area contributed by atoms with Crippen LogP contribution in [0.25, 0.3) is 6.08 Å². The zero-order valence-corrected chi connectivity index (χ0v) is 17.1. The van der Waals surface area contributed by atoms with E-state index in [1.54, 1.807) is 26.2 Å². The van der Waals surface area contributed by atoms with Crippen LogP contribution in [0.15, 0.2) is 22.0 Å². The zero-order chi connectivity index (χ0) is 19.2. The summed E-state index contributed by atoms with van der Waals surface area (Å²) in [6.07, 6.45) is 2.67. The fourth-order valence-corrected chi connectivity index (χ4v) is 5.04. The molecule has 1 atom stereocenters. The number of hydrogen-bond acceptors (Lipinski definition) is 4. The fourth-order valence-electron chi connectivity index (χ4n) is 4.12. The molecule has 6 heteroatoms. The summed E-state index contributed by atoms with van der Waals surface area (Å²) in [6, 6.07) is 3.54. The summed E-state index contributed by atoms with van der Waals surface area (Å²) >= 11 is 1.28. The number of hydrogen-bond donors (Lipinski definition) is 0. The van der Waals surface area contributed by atoms with E-state index < -0.39 is 0 Å². The van der Waals surface area contributed by atoms with Gasteiger partial charge in [-0.15, -0.1) is 0 Å². The monoisotopic (exact) mass is 375 g/mol. The molecule has 1 unspecified atom stereocenters. The van der Waals surface area contributed by atoms with Crippen LogP contribution in [0.5, 0.6) is 0 Å². The van der Waals surface area contributed by atoms with Gasteiger partial charge in [0.1, 0.15) is 5.82 Å². The van der Waals surface area contributed by atoms with E-state index in [1.807, 2.05) is 6.07 Å². The first-order valence-corrected chi connectivity index (χ1v) is 9.76. The third kappa shape index (κ3) is 3.04. The van der Waals surface area contributed by atoms with Crippen LogP contribution in [0.1, 0.15) is 51.2 Å². The molecular weight excluding hydrogens is 349 g/mol. The summed E-state index contributed by atoms with van der Waals surface area (Å²) in [4.78, 5) is 20.7. The maximum Gasteiger partial charge on any atom is 0.266 e. The second kappa shape index (κ2) is 6.72. The van der Waals surface area contributed by atoms with Crippen molar-refractivity contribution in [3.63, 3.8) is 0 Å². The molecule has 0 aliphatic carbocycles. The van der Waals surface area contributed by atoms with E-state index in [-0.39, 0.29) is 17.3 Å². The number of aliphatic imine (C=N–C) groups is 1. The average Bonchev–Trinajstić information content (AvgIpc) is 2.83. The quantitative estimate of drug-likeness (QED) is 0.716. The van der Waals surface area contributed by atoms with E-state index in [0.29, 0.717) is 21.6 Å². The summed E-state index contributed by atoms with van der Waals surface area (Å²) < 4.78 is 14.9. The Hall–Kier alpha value is -1.82. The SMILES string of the molecule is CCN1c2cc(F)c(/C=C3/SC(=NC)N(C)C3=O)cc2C(C)CC1(C)C. The van der Waals surface area contributed by atoms with Gasteiger partial charge in [0, 0.05) is 37.4 Å². The van der Waals surface area contributed by atoms with Gasteiger partial charge in [0.05, 0.1) is 4.91 Å². The van der Waals surface area contributed by atoms with E-state index in [2.05, 4.69) is 37.6 Å². The summed E-state index contributed by atoms with van der Waals surface area (Å²) in [6.45, 7) is 9.54. The van der Waals surface area contributed by atoms with Crippen molar-refractivity contribution in [2.75, 3.05) is 25.5 Å². The highest BCUT2D eigenvalue weighted by molar-refractivity contribution is 8.18. The Morgan fingerprint density at radius 1 is 1.42 bits per heavy atom. The van der Waals surface area contributed by atoms with Gasteiger partial charge >= 0.3 is 0 Å². The molecule has 1 amide bonds. The number of carbonyl (C=O) groups is 1. The van der Waals surface area contributed by atoms with Gasteiger partial charge in [-0.05, 0) is 68.6 Å². The highest BCUT2D eigenvalue weighted by atomic mass is 32.2. The highest BCUT2D eigenvalue weighted by Gasteiger charge is 2.36. The molecule has 0 spiro atoms. The Labute approximate surface area is 159 Å². The Morgan fingerprint density at radius 3 is 2.69 bits per heavy atom. The number of likely N-dealkylation sites (N-methyl/N-ethyl adjacent to an activating group) is 1. The molecule has 26 heavy (non-hydrogen) atoms. The van der Waals surface area contributed by atoms with Crippen molar-refractivity contribution in [1.82, 2.24) is 4.90 Å². The van der Waals surface area contributed by atoms with Crippen LogP contribution < -0.4 is 4.90 Å². The number of thioether (sulfide) groups is 1. The van der Waals surface area contributed by atoms with Crippen LogP contribution in [0, 0.1) is 5.82 Å². The van der Waals surface area contributed by atoms with E-state index in [4.69, 9.17) is 0 Å². The molecule has 0 N–H and O–H groups in total. The summed E-state index contributed by atoms with van der Waals surface area (Å²) in [5.41, 5.74) is 2.58. The molecular formula is C20H26FN3OS. The molecule has 2 heterocycles. The number of fused-ring (bicyclic) bond motifs is 1. The van der Waals surface area contributed by atoms with Crippen LogP contribution >= 0.6 is 11.8 Å². The lowest BCUT2D eigenvalue weighted by molar-refractivity contribution is -0.121. The number of amides is 1. The van der Waals surface area contributed by atoms with Gasteiger partial charge in [0.15, 0.2) is 5.17 Å². The van der Waals surface area contributed by atoms with Crippen LogP contribution in [-0.4, -0.2) is 42.2 Å². The Balaban J connectivity index is 2.06. The first-order valence-electron chi connectivity index (χ1n) is 8.95. The van der Waals surface area contributed by atoms with E-state index in [0.717, 1.165) is 24.2 Å². The lowest BCUT2D eigenvalue weighted by Crippen LogP contribution is -2.48. The van der Waals surface area contributed by atoms with Crippen LogP contribution in [0.2, 0.25) is 0 Å². The van der Waals surface area contributed by atoms with Crippen LogP contribution in [-0.2, 0) is 4.79 Å². The van der Waals surface area contributed by atoms with E-state index >= 15 is 0 Å². The number of carbonyl (C=O) groups excluding carboxylic acids is 1.